The van der Waals surface area contributed by atoms with Gasteiger partial charge in [-0.25, -0.2) is 13.4 Å². The minimum atomic E-state index is -3.53. The number of fused-ring (bicyclic) bond motifs is 1. The van der Waals surface area contributed by atoms with Crippen molar-refractivity contribution in [1.29, 1.82) is 0 Å². The number of carbonyl (C=O) groups excluding carboxylic acids is 1. The monoisotopic (exact) mass is 398 g/mol. The Morgan fingerprint density at radius 1 is 1.04 bits per heavy atom. The van der Waals surface area contributed by atoms with Gasteiger partial charge in [0.05, 0.1) is 22.3 Å². The molecule has 1 amide bonds. The van der Waals surface area contributed by atoms with E-state index < -0.39 is 10.0 Å². The van der Waals surface area contributed by atoms with Crippen molar-refractivity contribution in [2.75, 3.05) is 18.4 Å². The highest BCUT2D eigenvalue weighted by atomic mass is 32.2. The number of nitrogens with one attached hydrogen (secondary N) is 1. The molecule has 0 spiro atoms. The van der Waals surface area contributed by atoms with Crippen LogP contribution in [0.5, 0.6) is 0 Å². The highest BCUT2D eigenvalue weighted by Crippen LogP contribution is 2.23. The lowest BCUT2D eigenvalue weighted by Gasteiger charge is -2.26. The molecule has 1 aliphatic rings. The zero-order valence-electron chi connectivity index (χ0n) is 15.4. The molecule has 0 atom stereocenters. The summed E-state index contributed by atoms with van der Waals surface area (Å²) in [5, 5.41) is 2.79. The van der Waals surface area contributed by atoms with Crippen molar-refractivity contribution in [3.05, 3.63) is 54.9 Å². The largest absolute Gasteiger partial charge is 0.324 e. The van der Waals surface area contributed by atoms with E-state index in [9.17, 15) is 13.2 Å². The Hall–Kier alpha value is -2.71. The molecular formula is C20H22N4O3S. The minimum absolute atomic E-state index is 0.101. The second-order valence-electron chi connectivity index (χ2n) is 6.90. The number of aromatic nitrogens is 2. The third-order valence-corrected chi connectivity index (χ3v) is 6.81. The van der Waals surface area contributed by atoms with Crippen molar-refractivity contribution in [1.82, 2.24) is 13.9 Å². The molecule has 1 aliphatic heterocycles. The molecule has 146 valence electrons. The molecule has 1 fully saturated rings. The van der Waals surface area contributed by atoms with E-state index in [2.05, 4.69) is 10.3 Å². The fourth-order valence-corrected chi connectivity index (χ4v) is 5.04. The Morgan fingerprint density at radius 3 is 2.64 bits per heavy atom. The number of amides is 1. The van der Waals surface area contributed by atoms with Gasteiger partial charge in [-0.05, 0) is 43.2 Å². The summed E-state index contributed by atoms with van der Waals surface area (Å²) in [5.41, 5.74) is 2.16. The van der Waals surface area contributed by atoms with Crippen molar-refractivity contribution in [2.24, 2.45) is 0 Å². The molecule has 3 aromatic rings. The van der Waals surface area contributed by atoms with Gasteiger partial charge in [0.2, 0.25) is 15.9 Å². The van der Waals surface area contributed by atoms with E-state index in [1.165, 1.54) is 10.4 Å². The summed E-state index contributed by atoms with van der Waals surface area (Å²) in [7, 11) is -3.53. The highest BCUT2D eigenvalue weighted by molar-refractivity contribution is 7.89. The predicted octanol–water partition coefficient (Wildman–Crippen LogP) is 2.85. The van der Waals surface area contributed by atoms with Crippen LogP contribution in [-0.2, 0) is 21.4 Å². The number of benzene rings is 2. The zero-order valence-corrected chi connectivity index (χ0v) is 16.2. The van der Waals surface area contributed by atoms with E-state index in [0.29, 0.717) is 18.8 Å². The molecule has 1 N–H and O–H groups in total. The third-order valence-electron chi connectivity index (χ3n) is 4.91. The molecule has 0 radical (unpaired) electrons. The standard InChI is InChI=1S/C20H22N4O3S/c25-20(14-23-15-21-18-9-2-3-10-19(18)23)22-16-7-6-8-17(13-16)28(26,27)24-11-4-1-5-12-24/h2-3,6-10,13,15H,1,4-5,11-12,14H2,(H,22,25). The van der Waals surface area contributed by atoms with Crippen LogP contribution in [0.3, 0.4) is 0 Å². The first-order valence-corrected chi connectivity index (χ1v) is 10.8. The van der Waals surface area contributed by atoms with Crippen LogP contribution >= 0.6 is 0 Å². The first-order valence-electron chi connectivity index (χ1n) is 9.34. The number of hydrogen-bond acceptors (Lipinski definition) is 4. The lowest BCUT2D eigenvalue weighted by Crippen LogP contribution is -2.35. The molecule has 8 heteroatoms. The van der Waals surface area contributed by atoms with Crippen LogP contribution in [0.15, 0.2) is 59.8 Å². The maximum absolute atomic E-state index is 12.8. The van der Waals surface area contributed by atoms with Gasteiger partial charge in [0.25, 0.3) is 0 Å². The van der Waals surface area contributed by atoms with E-state index in [-0.39, 0.29) is 17.3 Å². The Labute approximate surface area is 164 Å². The molecule has 0 bridgehead atoms. The topological polar surface area (TPSA) is 84.3 Å². The summed E-state index contributed by atoms with van der Waals surface area (Å²) < 4.78 is 28.9. The molecule has 7 nitrogen and oxygen atoms in total. The second kappa shape index (κ2) is 7.73. The number of para-hydroxylation sites is 2. The first-order chi connectivity index (χ1) is 13.5. The highest BCUT2D eigenvalue weighted by Gasteiger charge is 2.26. The normalized spacial score (nSPS) is 15.6. The zero-order chi connectivity index (χ0) is 19.6. The lowest BCUT2D eigenvalue weighted by molar-refractivity contribution is -0.116. The van der Waals surface area contributed by atoms with Crippen LogP contribution in [0.25, 0.3) is 11.0 Å². The molecule has 0 aliphatic carbocycles. The second-order valence-corrected chi connectivity index (χ2v) is 8.84. The Morgan fingerprint density at radius 2 is 1.82 bits per heavy atom. The first kappa shape index (κ1) is 18.6. The van der Waals surface area contributed by atoms with Crippen LogP contribution in [0.4, 0.5) is 5.69 Å². The van der Waals surface area contributed by atoms with E-state index in [0.717, 1.165) is 30.3 Å². The number of imidazole rings is 1. The summed E-state index contributed by atoms with van der Waals surface area (Å²) in [6.07, 6.45) is 4.45. The molecule has 28 heavy (non-hydrogen) atoms. The molecule has 1 saturated heterocycles. The summed E-state index contributed by atoms with van der Waals surface area (Å²) >= 11 is 0. The van der Waals surface area contributed by atoms with Gasteiger partial charge in [0, 0.05) is 18.8 Å². The van der Waals surface area contributed by atoms with Gasteiger partial charge in [-0.3, -0.25) is 4.79 Å². The number of carbonyl (C=O) groups is 1. The van der Waals surface area contributed by atoms with Crippen molar-refractivity contribution < 1.29 is 13.2 Å². The average molecular weight is 398 g/mol. The Balaban J connectivity index is 1.49. The summed E-state index contributed by atoms with van der Waals surface area (Å²) in [6, 6.07) is 14.0. The van der Waals surface area contributed by atoms with Crippen LogP contribution < -0.4 is 5.32 Å². The average Bonchev–Trinajstić information content (AvgIpc) is 3.12. The molecule has 1 aromatic heterocycles. The van der Waals surface area contributed by atoms with Crippen LogP contribution in [0, 0.1) is 0 Å². The van der Waals surface area contributed by atoms with E-state index >= 15 is 0 Å². The lowest BCUT2D eigenvalue weighted by atomic mass is 10.2. The molecule has 2 aromatic carbocycles. The summed E-state index contributed by atoms with van der Waals surface area (Å²) in [4.78, 5) is 17.0. The van der Waals surface area contributed by atoms with Crippen LogP contribution in [0.2, 0.25) is 0 Å². The fourth-order valence-electron chi connectivity index (χ4n) is 3.48. The maximum Gasteiger partial charge on any atom is 0.244 e. The number of hydrogen-bond donors (Lipinski definition) is 1. The number of sulfonamides is 1. The van der Waals surface area contributed by atoms with Gasteiger partial charge < -0.3 is 9.88 Å². The van der Waals surface area contributed by atoms with Crippen molar-refractivity contribution in [3.63, 3.8) is 0 Å². The maximum atomic E-state index is 12.8. The smallest absolute Gasteiger partial charge is 0.244 e. The molecule has 0 saturated carbocycles. The molecular weight excluding hydrogens is 376 g/mol. The van der Waals surface area contributed by atoms with Gasteiger partial charge in [0.15, 0.2) is 0 Å². The SMILES string of the molecule is O=C(Cn1cnc2ccccc21)Nc1cccc(S(=O)(=O)N2CCCCC2)c1. The number of piperidine rings is 1. The van der Waals surface area contributed by atoms with E-state index in [1.807, 2.05) is 24.3 Å². The predicted molar refractivity (Wildman–Crippen MR) is 107 cm³/mol. The van der Waals surface area contributed by atoms with Crippen molar-refractivity contribution in [2.45, 2.75) is 30.7 Å². The van der Waals surface area contributed by atoms with E-state index in [4.69, 9.17) is 0 Å². The van der Waals surface area contributed by atoms with Crippen molar-refractivity contribution >= 4 is 32.7 Å². The number of rotatable bonds is 5. The van der Waals surface area contributed by atoms with Crippen LogP contribution in [0.1, 0.15) is 19.3 Å². The fraction of sp³-hybridized carbons (Fsp3) is 0.300. The van der Waals surface area contributed by atoms with Gasteiger partial charge in [-0.2, -0.15) is 4.31 Å². The quantitative estimate of drug-likeness (QED) is 0.716. The Bertz CT molecular complexity index is 1100. The summed E-state index contributed by atoms with van der Waals surface area (Å²) in [5.74, 6) is -0.240. The number of anilines is 1. The van der Waals surface area contributed by atoms with Gasteiger partial charge >= 0.3 is 0 Å². The van der Waals surface area contributed by atoms with Crippen molar-refractivity contribution in [3.8, 4) is 0 Å². The van der Waals surface area contributed by atoms with E-state index in [1.54, 1.807) is 29.1 Å². The third kappa shape index (κ3) is 3.79. The van der Waals surface area contributed by atoms with Gasteiger partial charge in [-0.15, -0.1) is 0 Å². The minimum Gasteiger partial charge on any atom is -0.324 e. The van der Waals surface area contributed by atoms with Gasteiger partial charge in [0.1, 0.15) is 6.54 Å². The van der Waals surface area contributed by atoms with Gasteiger partial charge in [-0.1, -0.05) is 24.6 Å². The number of nitrogens with zero attached hydrogens (tertiary/aromatic N) is 3. The molecule has 4 rings (SSSR count). The summed E-state index contributed by atoms with van der Waals surface area (Å²) in [6.45, 7) is 1.20. The van der Waals surface area contributed by atoms with Crippen LogP contribution in [-0.4, -0.2) is 41.3 Å². The molecule has 0 unspecified atom stereocenters. The Kier molecular flexibility index (Phi) is 5.15. The molecule has 2 heterocycles.